The van der Waals surface area contributed by atoms with Gasteiger partial charge in [0.25, 0.3) is 0 Å². The maximum absolute atomic E-state index is 11.3. The Hall–Kier alpha value is -1.20. The van der Waals surface area contributed by atoms with E-state index in [1.54, 1.807) is 0 Å². The first kappa shape index (κ1) is 16.8. The van der Waals surface area contributed by atoms with Gasteiger partial charge in [-0.3, -0.25) is 9.59 Å². The lowest BCUT2D eigenvalue weighted by Crippen LogP contribution is -2.35. The Kier molecular flexibility index (Phi) is 7.47. The summed E-state index contributed by atoms with van der Waals surface area (Å²) in [6, 6.07) is 0. The molecule has 0 radical (unpaired) electrons. The van der Waals surface area contributed by atoms with E-state index >= 15 is 0 Å². The molecule has 5 heteroatoms. The Morgan fingerprint density at radius 3 is 2.61 bits per heavy atom. The minimum Gasteiger partial charge on any atom is -0.463 e. The molecule has 104 valence electrons. The van der Waals surface area contributed by atoms with Crippen LogP contribution in [0.25, 0.3) is 0 Å². The van der Waals surface area contributed by atoms with Gasteiger partial charge < -0.3 is 14.9 Å². The molecule has 18 heavy (non-hydrogen) atoms. The molecule has 2 N–H and O–H groups in total. The van der Waals surface area contributed by atoms with E-state index in [0.29, 0.717) is 12.8 Å². The topological polar surface area (TPSA) is 83.8 Å². The summed E-state index contributed by atoms with van der Waals surface area (Å²) in [4.78, 5) is 22.3. The third kappa shape index (κ3) is 6.51. The van der Waals surface area contributed by atoms with Crippen molar-refractivity contribution >= 4 is 11.8 Å². The Labute approximate surface area is 107 Å². The highest BCUT2D eigenvalue weighted by molar-refractivity contribution is 5.95. The van der Waals surface area contributed by atoms with Crippen LogP contribution < -0.4 is 0 Å². The van der Waals surface area contributed by atoms with Crippen molar-refractivity contribution in [3.63, 3.8) is 0 Å². The number of carbonyl (C=O) groups is 2. The molecule has 2 atom stereocenters. The summed E-state index contributed by atoms with van der Waals surface area (Å²) in [5.41, 5.74) is -1.53. The number of rotatable bonds is 9. The highest BCUT2D eigenvalue weighted by Gasteiger charge is 2.28. The zero-order valence-electron chi connectivity index (χ0n) is 11.0. The van der Waals surface area contributed by atoms with Crippen LogP contribution in [0.1, 0.15) is 39.5 Å². The highest BCUT2D eigenvalue weighted by Crippen LogP contribution is 2.15. The zero-order chi connectivity index (χ0) is 14.2. The molecule has 2 unspecified atom stereocenters. The van der Waals surface area contributed by atoms with Gasteiger partial charge in [-0.25, -0.2) is 0 Å². The van der Waals surface area contributed by atoms with Crippen LogP contribution in [0.15, 0.2) is 12.7 Å². The summed E-state index contributed by atoms with van der Waals surface area (Å²) in [6.45, 7) is 6.40. The van der Waals surface area contributed by atoms with Crippen molar-refractivity contribution in [2.75, 3.05) is 6.61 Å². The molecule has 0 bridgehead atoms. The van der Waals surface area contributed by atoms with Gasteiger partial charge in [0.2, 0.25) is 0 Å². The number of ether oxygens (including phenoxy) is 1. The number of hydrogen-bond donors (Lipinski definition) is 2. The molecule has 0 saturated carbocycles. The molecular weight excluding hydrogens is 236 g/mol. The smallest absolute Gasteiger partial charge is 0.305 e. The fraction of sp³-hybridized carbons (Fsp3) is 0.692. The first-order valence-electron chi connectivity index (χ1n) is 6.06. The Morgan fingerprint density at radius 1 is 1.50 bits per heavy atom. The molecule has 0 aromatic carbocycles. The molecule has 0 spiro atoms. The van der Waals surface area contributed by atoms with Crippen LogP contribution in [-0.4, -0.2) is 40.3 Å². The quantitative estimate of drug-likeness (QED) is 0.475. The number of carbonyl (C=O) groups excluding carboxylic acids is 2. The van der Waals surface area contributed by atoms with Gasteiger partial charge in [0.05, 0.1) is 6.10 Å². The second kappa shape index (κ2) is 8.00. The number of aliphatic hydroxyl groups is 2. The predicted molar refractivity (Wildman–Crippen MR) is 66.9 cm³/mol. The second-order valence-corrected chi connectivity index (χ2v) is 4.47. The van der Waals surface area contributed by atoms with Crippen molar-refractivity contribution in [1.82, 2.24) is 0 Å². The van der Waals surface area contributed by atoms with Gasteiger partial charge in [0.1, 0.15) is 12.2 Å². The lowest BCUT2D eigenvalue weighted by atomic mass is 9.93. The maximum Gasteiger partial charge on any atom is 0.305 e. The van der Waals surface area contributed by atoms with Crippen molar-refractivity contribution in [2.45, 2.75) is 51.2 Å². The van der Waals surface area contributed by atoms with Crippen molar-refractivity contribution in [3.8, 4) is 0 Å². The van der Waals surface area contributed by atoms with Crippen molar-refractivity contribution in [1.29, 1.82) is 0 Å². The molecule has 0 rings (SSSR count). The molecule has 0 aliphatic carbocycles. The van der Waals surface area contributed by atoms with Crippen LogP contribution in [0.2, 0.25) is 0 Å². The molecule has 5 nitrogen and oxygen atoms in total. The van der Waals surface area contributed by atoms with Crippen LogP contribution in [0, 0.1) is 0 Å². The average molecular weight is 258 g/mol. The molecule has 0 aromatic rings. The molecule has 0 saturated heterocycles. The number of hydrogen-bond acceptors (Lipinski definition) is 5. The van der Waals surface area contributed by atoms with Crippen LogP contribution >= 0.6 is 0 Å². The largest absolute Gasteiger partial charge is 0.463 e. The summed E-state index contributed by atoms with van der Waals surface area (Å²) >= 11 is 0. The van der Waals surface area contributed by atoms with Crippen LogP contribution in [0.4, 0.5) is 0 Å². The van der Waals surface area contributed by atoms with Crippen LogP contribution in [0.5, 0.6) is 0 Å². The predicted octanol–water partition coefficient (Wildman–Crippen LogP) is 0.977. The number of ketones is 1. The molecule has 0 fully saturated rings. The van der Waals surface area contributed by atoms with E-state index in [1.165, 1.54) is 6.92 Å². The van der Waals surface area contributed by atoms with E-state index in [-0.39, 0.29) is 25.4 Å². The lowest BCUT2D eigenvalue weighted by molar-refractivity contribution is -0.147. The normalized spacial score (nSPS) is 15.6. The summed E-state index contributed by atoms with van der Waals surface area (Å²) in [5, 5.41) is 19.3. The van der Waals surface area contributed by atoms with Crippen molar-refractivity contribution in [2.24, 2.45) is 0 Å². The fourth-order valence-electron chi connectivity index (χ4n) is 1.34. The first-order valence-corrected chi connectivity index (χ1v) is 6.06. The Bertz CT molecular complexity index is 296. The lowest BCUT2D eigenvalue weighted by Gasteiger charge is -2.21. The van der Waals surface area contributed by atoms with Gasteiger partial charge in [-0.15, -0.1) is 0 Å². The highest BCUT2D eigenvalue weighted by atomic mass is 16.5. The van der Waals surface area contributed by atoms with E-state index in [9.17, 15) is 19.8 Å². The fourth-order valence-corrected chi connectivity index (χ4v) is 1.34. The van der Waals surface area contributed by atoms with E-state index < -0.39 is 17.5 Å². The number of aliphatic hydroxyl groups excluding tert-OH is 1. The SMILES string of the molecule is C=CC(=O)C(C)(O)CCC(O)COC(=O)CCC. The molecule has 0 amide bonds. The van der Waals surface area contributed by atoms with Gasteiger partial charge in [0, 0.05) is 6.42 Å². The van der Waals surface area contributed by atoms with E-state index in [1.807, 2.05) is 6.92 Å². The average Bonchev–Trinajstić information content (AvgIpc) is 2.33. The summed E-state index contributed by atoms with van der Waals surface area (Å²) in [7, 11) is 0. The minimum absolute atomic E-state index is 0.0876. The summed E-state index contributed by atoms with van der Waals surface area (Å²) < 4.78 is 4.82. The first-order chi connectivity index (χ1) is 8.33. The summed E-state index contributed by atoms with van der Waals surface area (Å²) in [5.74, 6) is -0.844. The maximum atomic E-state index is 11.3. The Balaban J connectivity index is 3.96. The van der Waals surface area contributed by atoms with Crippen molar-refractivity contribution < 1.29 is 24.5 Å². The standard InChI is InChI=1S/C13H22O5/c1-4-6-12(16)18-9-10(14)7-8-13(3,17)11(15)5-2/h5,10,14,17H,2,4,6-9H2,1,3H3. The minimum atomic E-state index is -1.53. The second-order valence-electron chi connectivity index (χ2n) is 4.47. The molecule has 0 aliphatic rings. The van der Waals surface area contributed by atoms with E-state index in [4.69, 9.17) is 4.74 Å². The third-order valence-electron chi connectivity index (χ3n) is 2.57. The molecule has 0 heterocycles. The van der Waals surface area contributed by atoms with Gasteiger partial charge >= 0.3 is 5.97 Å². The van der Waals surface area contributed by atoms with Crippen LogP contribution in [-0.2, 0) is 14.3 Å². The molecule has 0 aliphatic heterocycles. The summed E-state index contributed by atoms with van der Waals surface area (Å²) in [6.07, 6.45) is 1.44. The van der Waals surface area contributed by atoms with Crippen LogP contribution in [0.3, 0.4) is 0 Å². The molecule has 0 aromatic heterocycles. The van der Waals surface area contributed by atoms with Gasteiger partial charge in [-0.1, -0.05) is 13.5 Å². The number of esters is 1. The van der Waals surface area contributed by atoms with Gasteiger partial charge in [-0.2, -0.15) is 0 Å². The molecular formula is C13H22O5. The van der Waals surface area contributed by atoms with Gasteiger partial charge in [0.15, 0.2) is 5.78 Å². The van der Waals surface area contributed by atoms with Crippen molar-refractivity contribution in [3.05, 3.63) is 12.7 Å². The van der Waals surface area contributed by atoms with E-state index in [0.717, 1.165) is 6.08 Å². The Morgan fingerprint density at radius 2 is 2.11 bits per heavy atom. The zero-order valence-corrected chi connectivity index (χ0v) is 11.0. The monoisotopic (exact) mass is 258 g/mol. The van der Waals surface area contributed by atoms with Gasteiger partial charge in [-0.05, 0) is 32.3 Å². The van der Waals surface area contributed by atoms with E-state index in [2.05, 4.69) is 6.58 Å². The third-order valence-corrected chi connectivity index (χ3v) is 2.57.